The number of fused-ring (bicyclic) bond motifs is 1. The Labute approximate surface area is 141 Å². The van der Waals surface area contributed by atoms with Gasteiger partial charge < -0.3 is 15.1 Å². The lowest BCUT2D eigenvalue weighted by Gasteiger charge is -2.30. The Morgan fingerprint density at radius 1 is 1.25 bits per heavy atom. The number of rotatable bonds is 4. The van der Waals surface area contributed by atoms with E-state index in [0.29, 0.717) is 16.2 Å². The van der Waals surface area contributed by atoms with Crippen LogP contribution >= 0.6 is 11.3 Å². The molecule has 0 radical (unpaired) electrons. The number of oxime groups is 1. The largest absolute Gasteiger partial charge is 0.479 e. The third kappa shape index (κ3) is 3.09. The summed E-state index contributed by atoms with van der Waals surface area (Å²) in [6, 6.07) is 9.96. The Balaban J connectivity index is 1.86. The smallest absolute Gasteiger partial charge is 0.408 e. The second-order valence-corrected chi connectivity index (χ2v) is 6.09. The fourth-order valence-corrected chi connectivity index (χ4v) is 3.53. The van der Waals surface area contributed by atoms with Crippen LogP contribution in [0.2, 0.25) is 0 Å². The molecule has 8 heteroatoms. The minimum absolute atomic E-state index is 0.134. The van der Waals surface area contributed by atoms with Crippen molar-refractivity contribution in [3.05, 3.63) is 57.8 Å². The van der Waals surface area contributed by atoms with Gasteiger partial charge in [0.15, 0.2) is 6.04 Å². The van der Waals surface area contributed by atoms with E-state index >= 15 is 0 Å². The van der Waals surface area contributed by atoms with E-state index in [2.05, 4.69) is 5.16 Å². The van der Waals surface area contributed by atoms with Gasteiger partial charge in [0.1, 0.15) is 12.3 Å². The van der Waals surface area contributed by atoms with E-state index in [9.17, 15) is 19.8 Å². The first-order valence-corrected chi connectivity index (χ1v) is 7.98. The summed E-state index contributed by atoms with van der Waals surface area (Å²) in [6.45, 7) is 0.115. The SMILES string of the molecule is O=C(O)C1c2sccc2C(=NOCc2ccccc2)CN1C(=O)O. The lowest BCUT2D eigenvalue weighted by atomic mass is 10.0. The number of hydrogen-bond acceptors (Lipinski definition) is 5. The predicted molar refractivity (Wildman–Crippen MR) is 87.2 cm³/mol. The number of amides is 1. The van der Waals surface area contributed by atoms with Gasteiger partial charge in [0.25, 0.3) is 0 Å². The van der Waals surface area contributed by atoms with Gasteiger partial charge in [0.2, 0.25) is 0 Å². The van der Waals surface area contributed by atoms with Crippen molar-refractivity contribution in [2.75, 3.05) is 6.54 Å². The summed E-state index contributed by atoms with van der Waals surface area (Å²) in [5.74, 6) is -1.20. The molecule has 1 amide bonds. The monoisotopic (exact) mass is 346 g/mol. The van der Waals surface area contributed by atoms with Crippen LogP contribution < -0.4 is 0 Å². The summed E-state index contributed by atoms with van der Waals surface area (Å²) in [7, 11) is 0. The van der Waals surface area contributed by atoms with Crippen LogP contribution in [0.4, 0.5) is 4.79 Å². The molecule has 1 unspecified atom stereocenters. The first-order valence-electron chi connectivity index (χ1n) is 7.11. The molecule has 1 aromatic carbocycles. The molecule has 0 bridgehead atoms. The molecular formula is C16H14N2O5S. The van der Waals surface area contributed by atoms with Crippen LogP contribution in [-0.4, -0.2) is 39.4 Å². The zero-order chi connectivity index (χ0) is 17.1. The molecule has 1 aliphatic heterocycles. The second-order valence-electron chi connectivity index (χ2n) is 5.15. The Hall–Kier alpha value is -2.87. The number of carbonyl (C=O) groups is 2. The summed E-state index contributed by atoms with van der Waals surface area (Å²) in [6.07, 6.45) is -1.31. The van der Waals surface area contributed by atoms with Crippen LogP contribution in [0.1, 0.15) is 22.0 Å². The molecule has 2 aromatic rings. The summed E-state index contributed by atoms with van der Waals surface area (Å²) < 4.78 is 0. The molecule has 124 valence electrons. The molecule has 24 heavy (non-hydrogen) atoms. The van der Waals surface area contributed by atoms with Crippen molar-refractivity contribution in [3.63, 3.8) is 0 Å². The Morgan fingerprint density at radius 3 is 2.67 bits per heavy atom. The molecule has 1 aliphatic rings. The van der Waals surface area contributed by atoms with Crippen molar-refractivity contribution in [2.45, 2.75) is 12.6 Å². The molecule has 1 aromatic heterocycles. The normalized spacial score (nSPS) is 18.2. The molecule has 3 rings (SSSR count). The number of aliphatic carboxylic acids is 1. The molecule has 0 saturated heterocycles. The van der Waals surface area contributed by atoms with Crippen molar-refractivity contribution in [2.24, 2.45) is 5.16 Å². The third-order valence-electron chi connectivity index (χ3n) is 3.61. The topological polar surface area (TPSA) is 99.4 Å². The van der Waals surface area contributed by atoms with E-state index in [1.807, 2.05) is 30.3 Å². The highest BCUT2D eigenvalue weighted by atomic mass is 32.1. The molecule has 0 aliphatic carbocycles. The van der Waals surface area contributed by atoms with E-state index in [4.69, 9.17) is 4.84 Å². The van der Waals surface area contributed by atoms with Gasteiger partial charge in [-0.2, -0.15) is 0 Å². The minimum atomic E-state index is -1.31. The summed E-state index contributed by atoms with van der Waals surface area (Å²) in [5, 5.41) is 24.4. The molecule has 0 fully saturated rings. The fraction of sp³-hybridized carbons (Fsp3) is 0.188. The van der Waals surface area contributed by atoms with Crippen LogP contribution in [0, 0.1) is 0 Å². The highest BCUT2D eigenvalue weighted by molar-refractivity contribution is 7.10. The van der Waals surface area contributed by atoms with Crippen molar-refractivity contribution in [1.82, 2.24) is 4.90 Å². The van der Waals surface area contributed by atoms with Crippen LogP contribution in [0.25, 0.3) is 0 Å². The standard InChI is InChI=1S/C16H14N2O5S/c19-15(20)13-14-11(6-7-24-14)12(8-18(13)16(21)22)17-23-9-10-4-2-1-3-5-10/h1-7,13H,8-9H2,(H,19,20)(H,21,22). The molecular weight excluding hydrogens is 332 g/mol. The van der Waals surface area contributed by atoms with E-state index in [-0.39, 0.29) is 13.2 Å². The van der Waals surface area contributed by atoms with Crippen molar-refractivity contribution < 1.29 is 24.6 Å². The van der Waals surface area contributed by atoms with E-state index in [1.165, 1.54) is 11.3 Å². The van der Waals surface area contributed by atoms with Crippen molar-refractivity contribution >= 4 is 29.1 Å². The van der Waals surface area contributed by atoms with E-state index < -0.39 is 18.1 Å². The number of benzene rings is 1. The van der Waals surface area contributed by atoms with Gasteiger partial charge in [-0.25, -0.2) is 9.59 Å². The van der Waals surface area contributed by atoms with E-state index in [0.717, 1.165) is 10.5 Å². The number of hydrogen-bond donors (Lipinski definition) is 2. The van der Waals surface area contributed by atoms with Gasteiger partial charge in [-0.1, -0.05) is 35.5 Å². The van der Waals surface area contributed by atoms with Crippen LogP contribution in [0.3, 0.4) is 0 Å². The first kappa shape index (κ1) is 16.0. The molecule has 0 saturated carbocycles. The maximum atomic E-state index is 11.5. The molecule has 2 N–H and O–H groups in total. The third-order valence-corrected chi connectivity index (χ3v) is 4.58. The Kier molecular flexibility index (Phi) is 4.48. The maximum Gasteiger partial charge on any atom is 0.408 e. The molecule has 7 nitrogen and oxygen atoms in total. The van der Waals surface area contributed by atoms with Crippen LogP contribution in [0.5, 0.6) is 0 Å². The number of thiophene rings is 1. The zero-order valence-electron chi connectivity index (χ0n) is 12.5. The van der Waals surface area contributed by atoms with E-state index in [1.54, 1.807) is 11.4 Å². The minimum Gasteiger partial charge on any atom is -0.479 e. The average molecular weight is 346 g/mol. The molecule has 2 heterocycles. The van der Waals surface area contributed by atoms with Crippen LogP contribution in [-0.2, 0) is 16.2 Å². The fourth-order valence-electron chi connectivity index (χ4n) is 2.51. The summed E-state index contributed by atoms with van der Waals surface area (Å²) >= 11 is 1.19. The average Bonchev–Trinajstić information content (AvgIpc) is 3.04. The summed E-state index contributed by atoms with van der Waals surface area (Å²) in [4.78, 5) is 29.5. The molecule has 1 atom stereocenters. The maximum absolute atomic E-state index is 11.5. The first-order chi connectivity index (χ1) is 11.6. The number of carboxylic acids is 1. The summed E-state index contributed by atoms with van der Waals surface area (Å²) in [5.41, 5.74) is 1.96. The number of carboxylic acid groups (broad SMARTS) is 2. The second kappa shape index (κ2) is 6.71. The number of nitrogens with zero attached hydrogens (tertiary/aromatic N) is 2. The lowest BCUT2D eigenvalue weighted by Crippen LogP contribution is -2.45. The van der Waals surface area contributed by atoms with Gasteiger partial charge in [-0.05, 0) is 17.0 Å². The zero-order valence-corrected chi connectivity index (χ0v) is 13.3. The van der Waals surface area contributed by atoms with Crippen LogP contribution in [0.15, 0.2) is 46.9 Å². The Morgan fingerprint density at radius 2 is 2.00 bits per heavy atom. The van der Waals surface area contributed by atoms with Gasteiger partial charge in [-0.15, -0.1) is 11.3 Å². The predicted octanol–water partition coefficient (Wildman–Crippen LogP) is 2.79. The van der Waals surface area contributed by atoms with Gasteiger partial charge in [-0.3, -0.25) is 4.90 Å². The van der Waals surface area contributed by atoms with Gasteiger partial charge in [0.05, 0.1) is 6.54 Å². The highest BCUT2D eigenvalue weighted by Gasteiger charge is 2.40. The van der Waals surface area contributed by atoms with Crippen molar-refractivity contribution in [1.29, 1.82) is 0 Å². The Bertz CT molecular complexity index is 787. The highest BCUT2D eigenvalue weighted by Crippen LogP contribution is 2.34. The molecule has 0 spiro atoms. The lowest BCUT2D eigenvalue weighted by molar-refractivity contribution is -0.142. The quantitative estimate of drug-likeness (QED) is 0.829. The van der Waals surface area contributed by atoms with Gasteiger partial charge in [0, 0.05) is 10.4 Å². The van der Waals surface area contributed by atoms with Crippen molar-refractivity contribution in [3.8, 4) is 0 Å². The van der Waals surface area contributed by atoms with Gasteiger partial charge >= 0.3 is 12.1 Å².